The van der Waals surface area contributed by atoms with E-state index in [1.54, 1.807) is 0 Å². The summed E-state index contributed by atoms with van der Waals surface area (Å²) in [5.74, 6) is -1.87. The molecular formula is C9H6N4O5. The summed E-state index contributed by atoms with van der Waals surface area (Å²) in [4.78, 5) is 33.9. The number of aromatic amines is 1. The Morgan fingerprint density at radius 1 is 1.39 bits per heavy atom. The lowest BCUT2D eigenvalue weighted by atomic mass is 10.3. The number of benzene rings is 1. The number of aromatic carboxylic acids is 1. The van der Waals surface area contributed by atoms with E-state index in [1.165, 1.54) is 24.3 Å². The van der Waals surface area contributed by atoms with Crippen LogP contribution >= 0.6 is 0 Å². The predicted octanol–water partition coefficient (Wildman–Crippen LogP) is 0.167. The molecule has 9 nitrogen and oxygen atoms in total. The van der Waals surface area contributed by atoms with E-state index >= 15 is 0 Å². The highest BCUT2D eigenvalue weighted by atomic mass is 16.6. The van der Waals surface area contributed by atoms with Crippen LogP contribution < -0.4 is 5.69 Å². The number of nitrogens with zero attached hydrogens (tertiary/aromatic N) is 3. The lowest BCUT2D eigenvalue weighted by Crippen LogP contribution is -2.15. The molecule has 0 spiro atoms. The first kappa shape index (κ1) is 11.5. The number of rotatable bonds is 3. The number of hydrogen-bond acceptors (Lipinski definition) is 5. The Hall–Kier alpha value is -2.97. The van der Waals surface area contributed by atoms with Crippen molar-refractivity contribution in [2.75, 3.05) is 0 Å². The molecule has 0 saturated carbocycles. The maximum Gasteiger partial charge on any atom is 0.373 e. The largest absolute Gasteiger partial charge is 0.475 e. The first-order valence-corrected chi connectivity index (χ1v) is 4.66. The van der Waals surface area contributed by atoms with Gasteiger partial charge < -0.3 is 5.11 Å². The number of carboxylic acid groups (broad SMARTS) is 1. The molecule has 0 bridgehead atoms. The van der Waals surface area contributed by atoms with Crippen molar-refractivity contribution in [2.45, 2.75) is 0 Å². The SMILES string of the molecule is O=C(O)c1nn(-c2ccc([N+](=O)[O-])cc2)c(=O)[nH]1. The second-order valence-corrected chi connectivity index (χ2v) is 3.27. The zero-order valence-corrected chi connectivity index (χ0v) is 8.73. The molecule has 2 rings (SSSR count). The Morgan fingerprint density at radius 2 is 2.00 bits per heavy atom. The van der Waals surface area contributed by atoms with E-state index in [4.69, 9.17) is 5.11 Å². The monoisotopic (exact) mass is 250 g/mol. The Labute approximate surface area is 98.5 Å². The summed E-state index contributed by atoms with van der Waals surface area (Å²) in [6.45, 7) is 0. The van der Waals surface area contributed by atoms with E-state index in [2.05, 4.69) is 5.10 Å². The topological polar surface area (TPSA) is 131 Å². The van der Waals surface area contributed by atoms with Gasteiger partial charge in [-0.3, -0.25) is 15.1 Å². The van der Waals surface area contributed by atoms with Gasteiger partial charge in [-0.2, -0.15) is 4.68 Å². The van der Waals surface area contributed by atoms with Crippen LogP contribution in [0.2, 0.25) is 0 Å². The van der Waals surface area contributed by atoms with Gasteiger partial charge >= 0.3 is 11.7 Å². The third kappa shape index (κ3) is 1.96. The highest BCUT2D eigenvalue weighted by Crippen LogP contribution is 2.13. The van der Waals surface area contributed by atoms with Crippen LogP contribution in [0.4, 0.5) is 5.69 Å². The summed E-state index contributed by atoms with van der Waals surface area (Å²) >= 11 is 0. The fraction of sp³-hybridized carbons (Fsp3) is 0. The smallest absolute Gasteiger partial charge is 0.373 e. The first-order chi connectivity index (χ1) is 8.49. The van der Waals surface area contributed by atoms with Gasteiger partial charge in [0.15, 0.2) is 0 Å². The van der Waals surface area contributed by atoms with Crippen molar-refractivity contribution in [3.05, 3.63) is 50.7 Å². The molecule has 92 valence electrons. The molecule has 0 aliphatic rings. The molecule has 0 radical (unpaired) electrons. The van der Waals surface area contributed by atoms with E-state index in [9.17, 15) is 19.7 Å². The lowest BCUT2D eigenvalue weighted by molar-refractivity contribution is -0.384. The van der Waals surface area contributed by atoms with Crippen LogP contribution in [-0.2, 0) is 0 Å². The van der Waals surface area contributed by atoms with Crippen molar-refractivity contribution < 1.29 is 14.8 Å². The Bertz CT molecular complexity index is 669. The molecule has 2 N–H and O–H groups in total. The van der Waals surface area contributed by atoms with E-state index in [-0.39, 0.29) is 11.4 Å². The van der Waals surface area contributed by atoms with Crippen LogP contribution in [0.5, 0.6) is 0 Å². The molecule has 18 heavy (non-hydrogen) atoms. The zero-order valence-electron chi connectivity index (χ0n) is 8.73. The van der Waals surface area contributed by atoms with Gasteiger partial charge in [0.05, 0.1) is 10.6 Å². The molecule has 0 saturated heterocycles. The van der Waals surface area contributed by atoms with Crippen LogP contribution in [0, 0.1) is 10.1 Å². The van der Waals surface area contributed by atoms with Crippen LogP contribution in [0.3, 0.4) is 0 Å². The van der Waals surface area contributed by atoms with Crippen molar-refractivity contribution in [3.63, 3.8) is 0 Å². The first-order valence-electron chi connectivity index (χ1n) is 4.66. The number of non-ortho nitro benzene ring substituents is 1. The van der Waals surface area contributed by atoms with Gasteiger partial charge in [0.25, 0.3) is 5.69 Å². The van der Waals surface area contributed by atoms with Gasteiger partial charge in [-0.25, -0.2) is 9.59 Å². The number of aromatic nitrogens is 3. The standard InChI is InChI=1S/C9H6N4O5/c14-8(15)7-10-9(16)12(11-7)5-1-3-6(4-2-5)13(17)18/h1-4H,(H,14,15)(H,10,11,16). The number of nitro benzene ring substituents is 1. The van der Waals surface area contributed by atoms with Gasteiger partial charge in [-0.15, -0.1) is 5.10 Å². The summed E-state index contributed by atoms with van der Waals surface area (Å²) in [5, 5.41) is 22.6. The van der Waals surface area contributed by atoms with E-state index < -0.39 is 22.4 Å². The third-order valence-electron chi connectivity index (χ3n) is 2.13. The highest BCUT2D eigenvalue weighted by Gasteiger charge is 2.13. The Morgan fingerprint density at radius 3 is 2.44 bits per heavy atom. The van der Waals surface area contributed by atoms with E-state index in [0.29, 0.717) is 0 Å². The van der Waals surface area contributed by atoms with Gasteiger partial charge in [-0.05, 0) is 12.1 Å². The number of carboxylic acids is 1. The normalized spacial score (nSPS) is 10.2. The number of carbonyl (C=O) groups is 1. The highest BCUT2D eigenvalue weighted by molar-refractivity contribution is 5.82. The van der Waals surface area contributed by atoms with E-state index in [1.807, 2.05) is 4.98 Å². The fourth-order valence-electron chi connectivity index (χ4n) is 1.31. The number of nitrogens with one attached hydrogen (secondary N) is 1. The maximum absolute atomic E-state index is 11.4. The number of nitro groups is 1. The van der Waals surface area contributed by atoms with E-state index in [0.717, 1.165) is 4.68 Å². The molecule has 0 fully saturated rings. The molecule has 0 aliphatic carbocycles. The minimum Gasteiger partial charge on any atom is -0.475 e. The average Bonchev–Trinajstić information content (AvgIpc) is 2.71. The molecule has 1 heterocycles. The van der Waals surface area contributed by atoms with Gasteiger partial charge in [-0.1, -0.05) is 0 Å². The summed E-state index contributed by atoms with van der Waals surface area (Å²) in [5.41, 5.74) is -0.642. The summed E-state index contributed by atoms with van der Waals surface area (Å²) in [6, 6.07) is 4.98. The van der Waals surface area contributed by atoms with Gasteiger partial charge in [0.2, 0.25) is 5.82 Å². The number of H-pyrrole nitrogens is 1. The molecule has 2 aromatic rings. The molecular weight excluding hydrogens is 244 g/mol. The van der Waals surface area contributed by atoms with Crippen molar-refractivity contribution in [1.29, 1.82) is 0 Å². The van der Waals surface area contributed by atoms with Crippen molar-refractivity contribution in [2.24, 2.45) is 0 Å². The Kier molecular flexibility index (Phi) is 2.64. The number of hydrogen-bond donors (Lipinski definition) is 2. The average molecular weight is 250 g/mol. The summed E-state index contributed by atoms with van der Waals surface area (Å²) in [7, 11) is 0. The quantitative estimate of drug-likeness (QED) is 0.589. The van der Waals surface area contributed by atoms with Crippen molar-refractivity contribution >= 4 is 11.7 Å². The summed E-state index contributed by atoms with van der Waals surface area (Å²) in [6.07, 6.45) is 0. The van der Waals surface area contributed by atoms with Crippen LogP contribution in [0.15, 0.2) is 29.1 Å². The zero-order chi connectivity index (χ0) is 13.3. The predicted molar refractivity (Wildman–Crippen MR) is 57.8 cm³/mol. The maximum atomic E-state index is 11.4. The lowest BCUT2D eigenvalue weighted by Gasteiger charge is -1.97. The molecule has 1 aromatic carbocycles. The Balaban J connectivity index is 2.46. The molecule has 0 aliphatic heterocycles. The van der Waals surface area contributed by atoms with Gasteiger partial charge in [0.1, 0.15) is 0 Å². The fourth-order valence-corrected chi connectivity index (χ4v) is 1.31. The third-order valence-corrected chi connectivity index (χ3v) is 2.13. The van der Waals surface area contributed by atoms with Crippen molar-refractivity contribution in [1.82, 2.24) is 14.8 Å². The van der Waals surface area contributed by atoms with Crippen LogP contribution in [0.1, 0.15) is 10.6 Å². The van der Waals surface area contributed by atoms with Crippen LogP contribution in [0.25, 0.3) is 5.69 Å². The van der Waals surface area contributed by atoms with Crippen LogP contribution in [-0.4, -0.2) is 30.8 Å². The summed E-state index contributed by atoms with van der Waals surface area (Å²) < 4.78 is 0.813. The molecule has 9 heteroatoms. The molecule has 0 atom stereocenters. The minimum absolute atomic E-state index is 0.138. The second kappa shape index (κ2) is 4.13. The second-order valence-electron chi connectivity index (χ2n) is 3.27. The molecule has 0 unspecified atom stereocenters. The molecule has 0 amide bonds. The molecule has 1 aromatic heterocycles. The minimum atomic E-state index is -1.37. The van der Waals surface area contributed by atoms with Crippen molar-refractivity contribution in [3.8, 4) is 5.69 Å². The van der Waals surface area contributed by atoms with Gasteiger partial charge in [0, 0.05) is 12.1 Å².